The fourth-order valence-corrected chi connectivity index (χ4v) is 2.65. The summed E-state index contributed by atoms with van der Waals surface area (Å²) in [4.78, 5) is 2.44. The van der Waals surface area contributed by atoms with E-state index in [2.05, 4.69) is 78.2 Å². The van der Waals surface area contributed by atoms with Crippen LogP contribution in [0.4, 0.5) is 0 Å². The van der Waals surface area contributed by atoms with Crippen molar-refractivity contribution >= 4 is 15.9 Å². The molecule has 0 saturated heterocycles. The predicted molar refractivity (Wildman–Crippen MR) is 87.4 cm³/mol. The minimum Gasteiger partial charge on any atom is -0.315 e. The molecule has 2 nitrogen and oxygen atoms in total. The minimum atomic E-state index is 0.595. The number of hydrogen-bond acceptors (Lipinski definition) is 2. The van der Waals surface area contributed by atoms with Gasteiger partial charge in [-0.25, -0.2) is 0 Å². The predicted octanol–water partition coefficient (Wildman–Crippen LogP) is 3.91. The third-order valence-corrected chi connectivity index (χ3v) is 3.84. The Labute approximate surface area is 126 Å². The zero-order valence-corrected chi connectivity index (χ0v) is 14.2. The normalized spacial score (nSPS) is 13.2. The molecule has 0 aliphatic carbocycles. The Morgan fingerprint density at radius 2 is 2.00 bits per heavy atom. The zero-order valence-electron chi connectivity index (χ0n) is 12.6. The van der Waals surface area contributed by atoms with E-state index in [1.807, 2.05) is 0 Å². The van der Waals surface area contributed by atoms with Crippen LogP contribution in [0.5, 0.6) is 0 Å². The van der Waals surface area contributed by atoms with Crippen LogP contribution in [-0.2, 0) is 6.54 Å². The molecule has 0 aromatic heterocycles. The topological polar surface area (TPSA) is 15.3 Å². The lowest BCUT2D eigenvalue weighted by Crippen LogP contribution is -2.40. The maximum absolute atomic E-state index is 3.56. The molecule has 0 heterocycles. The highest BCUT2D eigenvalue weighted by Crippen LogP contribution is 2.14. The highest BCUT2D eigenvalue weighted by Gasteiger charge is 2.12. The molecule has 0 fully saturated rings. The van der Waals surface area contributed by atoms with Gasteiger partial charge in [-0.3, -0.25) is 4.90 Å². The Hall–Kier alpha value is -0.380. The summed E-state index contributed by atoms with van der Waals surface area (Å²) in [6, 6.07) is 9.16. The van der Waals surface area contributed by atoms with Crippen molar-refractivity contribution in [2.75, 3.05) is 20.1 Å². The van der Waals surface area contributed by atoms with Crippen LogP contribution in [0.2, 0.25) is 0 Å². The van der Waals surface area contributed by atoms with Gasteiger partial charge in [-0.05, 0) is 43.6 Å². The first-order chi connectivity index (χ1) is 9.02. The number of rotatable bonds is 8. The molecule has 0 bridgehead atoms. The molecule has 19 heavy (non-hydrogen) atoms. The molecule has 1 N–H and O–H groups in total. The summed E-state index contributed by atoms with van der Waals surface area (Å²) in [5.74, 6) is 0.716. The van der Waals surface area contributed by atoms with Gasteiger partial charge in [-0.2, -0.15) is 0 Å². The highest BCUT2D eigenvalue weighted by atomic mass is 79.9. The summed E-state index contributed by atoms with van der Waals surface area (Å²) in [5, 5.41) is 3.56. The molecule has 1 aromatic rings. The second-order valence-electron chi connectivity index (χ2n) is 5.66. The van der Waals surface area contributed by atoms with Gasteiger partial charge in [0.1, 0.15) is 0 Å². The molecule has 1 aromatic carbocycles. The van der Waals surface area contributed by atoms with E-state index in [0.29, 0.717) is 12.0 Å². The van der Waals surface area contributed by atoms with E-state index in [1.165, 1.54) is 12.0 Å². The van der Waals surface area contributed by atoms with Crippen molar-refractivity contribution in [3.05, 3.63) is 34.3 Å². The van der Waals surface area contributed by atoms with E-state index in [9.17, 15) is 0 Å². The van der Waals surface area contributed by atoms with Crippen molar-refractivity contribution in [3.63, 3.8) is 0 Å². The number of nitrogens with zero attached hydrogens (tertiary/aromatic N) is 1. The molecule has 0 aliphatic rings. The Balaban J connectivity index is 2.46. The largest absolute Gasteiger partial charge is 0.315 e. The molecular weight excluding hydrogens is 300 g/mol. The molecule has 1 rings (SSSR count). The van der Waals surface area contributed by atoms with Crippen molar-refractivity contribution in [1.82, 2.24) is 10.2 Å². The molecule has 3 heteroatoms. The second-order valence-corrected chi connectivity index (χ2v) is 6.57. The molecule has 0 aliphatic heterocycles. The van der Waals surface area contributed by atoms with E-state index in [0.717, 1.165) is 24.1 Å². The van der Waals surface area contributed by atoms with Crippen LogP contribution in [0.3, 0.4) is 0 Å². The summed E-state index contributed by atoms with van der Waals surface area (Å²) in [7, 11) is 2.21. The summed E-state index contributed by atoms with van der Waals surface area (Å²) >= 11 is 3.53. The van der Waals surface area contributed by atoms with Gasteiger partial charge in [0.15, 0.2) is 0 Å². The summed E-state index contributed by atoms with van der Waals surface area (Å²) in [6.45, 7) is 9.93. The smallest absolute Gasteiger partial charge is 0.0234 e. The maximum Gasteiger partial charge on any atom is 0.0234 e. The molecule has 0 saturated carbocycles. The van der Waals surface area contributed by atoms with Crippen LogP contribution < -0.4 is 5.32 Å². The summed E-state index contributed by atoms with van der Waals surface area (Å²) < 4.78 is 1.16. The van der Waals surface area contributed by atoms with Gasteiger partial charge in [0.25, 0.3) is 0 Å². The molecular formula is C16H27BrN2. The molecule has 1 unspecified atom stereocenters. The van der Waals surface area contributed by atoms with Crippen molar-refractivity contribution in [1.29, 1.82) is 0 Å². The minimum absolute atomic E-state index is 0.595. The van der Waals surface area contributed by atoms with Crippen LogP contribution >= 0.6 is 15.9 Å². The Kier molecular flexibility index (Phi) is 7.66. The Bertz CT molecular complexity index is 366. The third-order valence-electron chi connectivity index (χ3n) is 3.35. The van der Waals surface area contributed by atoms with E-state index >= 15 is 0 Å². The van der Waals surface area contributed by atoms with Crippen molar-refractivity contribution in [2.45, 2.75) is 39.8 Å². The van der Waals surface area contributed by atoms with Crippen LogP contribution in [0.15, 0.2) is 28.7 Å². The molecule has 1 atom stereocenters. The standard InChI is InChI=1S/C16H27BrN2/c1-5-16(11-18-10-13(2)3)19(4)12-14-7-6-8-15(17)9-14/h6-9,13,16,18H,5,10-12H2,1-4H3. The van der Waals surface area contributed by atoms with E-state index in [-0.39, 0.29) is 0 Å². The van der Waals surface area contributed by atoms with Gasteiger partial charge in [0.2, 0.25) is 0 Å². The van der Waals surface area contributed by atoms with Gasteiger partial charge in [0.05, 0.1) is 0 Å². The average molecular weight is 327 g/mol. The van der Waals surface area contributed by atoms with Gasteiger partial charge in [0, 0.05) is 23.6 Å². The lowest BCUT2D eigenvalue weighted by Gasteiger charge is -2.28. The first kappa shape index (κ1) is 16.7. The first-order valence-electron chi connectivity index (χ1n) is 7.18. The fraction of sp³-hybridized carbons (Fsp3) is 0.625. The van der Waals surface area contributed by atoms with Crippen LogP contribution in [0, 0.1) is 5.92 Å². The van der Waals surface area contributed by atoms with Crippen LogP contribution in [0.25, 0.3) is 0 Å². The quantitative estimate of drug-likeness (QED) is 0.779. The number of halogens is 1. The number of nitrogens with one attached hydrogen (secondary N) is 1. The third kappa shape index (κ3) is 6.55. The zero-order chi connectivity index (χ0) is 14.3. The van der Waals surface area contributed by atoms with Gasteiger partial charge < -0.3 is 5.32 Å². The van der Waals surface area contributed by atoms with Crippen molar-refractivity contribution in [2.24, 2.45) is 5.92 Å². The monoisotopic (exact) mass is 326 g/mol. The average Bonchev–Trinajstić information content (AvgIpc) is 2.34. The van der Waals surface area contributed by atoms with Gasteiger partial charge in [-0.1, -0.05) is 48.8 Å². The number of hydrogen-bond donors (Lipinski definition) is 1. The SMILES string of the molecule is CCC(CNCC(C)C)N(C)Cc1cccc(Br)c1. The molecule has 0 spiro atoms. The first-order valence-corrected chi connectivity index (χ1v) is 7.97. The Morgan fingerprint density at radius 3 is 2.58 bits per heavy atom. The van der Waals surface area contributed by atoms with E-state index in [1.54, 1.807) is 0 Å². The van der Waals surface area contributed by atoms with Crippen molar-refractivity contribution in [3.8, 4) is 0 Å². The maximum atomic E-state index is 3.56. The lowest BCUT2D eigenvalue weighted by atomic mass is 10.1. The van der Waals surface area contributed by atoms with Gasteiger partial charge >= 0.3 is 0 Å². The van der Waals surface area contributed by atoms with Gasteiger partial charge in [-0.15, -0.1) is 0 Å². The molecule has 108 valence electrons. The van der Waals surface area contributed by atoms with E-state index < -0.39 is 0 Å². The van der Waals surface area contributed by atoms with Crippen LogP contribution in [-0.4, -0.2) is 31.1 Å². The lowest BCUT2D eigenvalue weighted by molar-refractivity contribution is 0.220. The molecule has 0 amide bonds. The number of benzene rings is 1. The van der Waals surface area contributed by atoms with Crippen LogP contribution in [0.1, 0.15) is 32.8 Å². The van der Waals surface area contributed by atoms with Crippen molar-refractivity contribution < 1.29 is 0 Å². The number of likely N-dealkylation sites (N-methyl/N-ethyl adjacent to an activating group) is 1. The second kappa shape index (κ2) is 8.72. The van der Waals surface area contributed by atoms with E-state index in [4.69, 9.17) is 0 Å². The highest BCUT2D eigenvalue weighted by molar-refractivity contribution is 9.10. The molecule has 0 radical (unpaired) electrons. The summed E-state index contributed by atoms with van der Waals surface area (Å²) in [6.07, 6.45) is 1.18. The Morgan fingerprint density at radius 1 is 1.26 bits per heavy atom. The fourth-order valence-electron chi connectivity index (χ4n) is 2.20. The summed E-state index contributed by atoms with van der Waals surface area (Å²) in [5.41, 5.74) is 1.36.